The topological polar surface area (TPSA) is 46.2 Å². The van der Waals surface area contributed by atoms with Crippen LogP contribution in [0.2, 0.25) is 0 Å². The lowest BCUT2D eigenvalue weighted by molar-refractivity contribution is -0.130. The third-order valence-electron chi connectivity index (χ3n) is 13.7. The number of hydrogen-bond donors (Lipinski definition) is 1. The van der Waals surface area contributed by atoms with Crippen LogP contribution < -0.4 is 5.32 Å². The molecule has 4 aliphatic rings. The largest absolute Gasteiger partial charge is 0.359 e. The Morgan fingerprint density at radius 2 is 0.812 bits per heavy atom. The maximum absolute atomic E-state index is 12.9. The van der Waals surface area contributed by atoms with Crippen LogP contribution in [-0.4, -0.2) is 18.7 Å². The minimum absolute atomic E-state index is 0.0754. The summed E-state index contributed by atoms with van der Waals surface area (Å²) in [7, 11) is 1.65. The zero-order valence-electron chi connectivity index (χ0n) is 32.4. The summed E-state index contributed by atoms with van der Waals surface area (Å²) in [5, 5.41) is 2.66. The Bertz CT molecular complexity index is 828. The van der Waals surface area contributed by atoms with Crippen LogP contribution >= 0.6 is 0 Å². The molecular weight excluding hydrogens is 587 g/mol. The van der Waals surface area contributed by atoms with Gasteiger partial charge in [0.25, 0.3) is 0 Å². The Balaban J connectivity index is 0.939. The first-order chi connectivity index (χ1) is 23.5. The van der Waals surface area contributed by atoms with E-state index in [2.05, 4.69) is 19.2 Å². The van der Waals surface area contributed by atoms with Crippen LogP contribution in [0.25, 0.3) is 0 Å². The summed E-state index contributed by atoms with van der Waals surface area (Å²) in [6, 6.07) is 0. The fraction of sp³-hybridized carbons (Fsp3) is 0.956. The summed E-state index contributed by atoms with van der Waals surface area (Å²) < 4.78 is 0. The molecule has 0 bridgehead atoms. The minimum Gasteiger partial charge on any atom is -0.359 e. The molecule has 0 saturated heterocycles. The number of unbranched alkanes of at least 4 members (excludes halogenated alkanes) is 14. The second-order valence-electron chi connectivity index (χ2n) is 17.9. The van der Waals surface area contributed by atoms with Crippen LogP contribution in [0, 0.1) is 53.3 Å². The van der Waals surface area contributed by atoms with Crippen LogP contribution in [0.5, 0.6) is 0 Å². The van der Waals surface area contributed by atoms with Gasteiger partial charge in [0.1, 0.15) is 5.78 Å². The van der Waals surface area contributed by atoms with Gasteiger partial charge in [-0.2, -0.15) is 0 Å². The Morgan fingerprint density at radius 3 is 1.17 bits per heavy atom. The Labute approximate surface area is 299 Å². The molecule has 0 aromatic heterocycles. The minimum atomic E-state index is -0.117. The number of ketones is 1. The molecule has 4 aliphatic carbocycles. The van der Waals surface area contributed by atoms with Gasteiger partial charge in [0.2, 0.25) is 5.91 Å². The first-order valence-electron chi connectivity index (χ1n) is 22.3. The standard InChI is InChI=1S/C45H81NO2/c1-4-6-16-24-36-28-40(36)32-42-30-38(42)26-20-14-10-8-12-18-22-35(44(47)34-45(48)46-3)23-19-13-9-11-15-21-27-39-31-43(39)33-41-29-37(41)25-17-7-5-2/h35-43H,4-34H2,1-3H3,(H,46,48). The molecule has 278 valence electrons. The number of nitrogens with one attached hydrogen (secondary N) is 1. The van der Waals surface area contributed by atoms with E-state index < -0.39 is 0 Å². The summed E-state index contributed by atoms with van der Waals surface area (Å²) in [5.74, 6) is 8.86. The monoisotopic (exact) mass is 668 g/mol. The van der Waals surface area contributed by atoms with Gasteiger partial charge in [0.15, 0.2) is 0 Å². The molecule has 4 rings (SSSR count). The first-order valence-corrected chi connectivity index (χ1v) is 22.3. The van der Waals surface area contributed by atoms with Crippen LogP contribution in [-0.2, 0) is 9.59 Å². The van der Waals surface area contributed by atoms with Crippen LogP contribution in [0.1, 0.15) is 213 Å². The van der Waals surface area contributed by atoms with E-state index in [0.29, 0.717) is 0 Å². The first kappa shape index (κ1) is 39.9. The second-order valence-corrected chi connectivity index (χ2v) is 17.9. The smallest absolute Gasteiger partial charge is 0.227 e. The molecule has 0 aromatic carbocycles. The third kappa shape index (κ3) is 16.4. The van der Waals surface area contributed by atoms with Crippen molar-refractivity contribution in [3.05, 3.63) is 0 Å². The van der Waals surface area contributed by atoms with Gasteiger partial charge in [-0.25, -0.2) is 0 Å². The van der Waals surface area contributed by atoms with Gasteiger partial charge in [-0.1, -0.05) is 155 Å². The molecule has 0 aliphatic heterocycles. The number of amides is 1. The lowest BCUT2D eigenvalue weighted by Gasteiger charge is -2.15. The molecule has 0 aromatic rings. The van der Waals surface area contributed by atoms with Crippen molar-refractivity contribution in [2.75, 3.05) is 7.05 Å². The number of Topliss-reactive ketones (excluding diaryl/α,β-unsaturated/α-hetero) is 1. The van der Waals surface area contributed by atoms with E-state index >= 15 is 0 Å². The van der Waals surface area contributed by atoms with Gasteiger partial charge in [0.05, 0.1) is 6.42 Å². The van der Waals surface area contributed by atoms with E-state index in [1.807, 2.05) is 0 Å². The molecule has 4 fully saturated rings. The molecule has 3 heteroatoms. The average Bonchev–Trinajstić information content (AvgIpc) is 3.91. The van der Waals surface area contributed by atoms with Gasteiger partial charge >= 0.3 is 0 Å². The molecule has 0 radical (unpaired) electrons. The van der Waals surface area contributed by atoms with Crippen molar-refractivity contribution in [1.82, 2.24) is 5.32 Å². The van der Waals surface area contributed by atoms with E-state index in [1.165, 1.54) is 141 Å². The molecule has 0 heterocycles. The van der Waals surface area contributed by atoms with E-state index in [0.717, 1.165) is 73.0 Å². The van der Waals surface area contributed by atoms with Gasteiger partial charge < -0.3 is 5.32 Å². The number of carbonyl (C=O) groups excluding carboxylic acids is 2. The van der Waals surface area contributed by atoms with Crippen molar-refractivity contribution in [2.45, 2.75) is 213 Å². The van der Waals surface area contributed by atoms with Crippen molar-refractivity contribution in [2.24, 2.45) is 53.3 Å². The molecule has 8 atom stereocenters. The highest BCUT2D eigenvalue weighted by Crippen LogP contribution is 2.55. The summed E-state index contributed by atoms with van der Waals surface area (Å²) in [5.41, 5.74) is 0. The Morgan fingerprint density at radius 1 is 0.479 bits per heavy atom. The number of hydrogen-bond acceptors (Lipinski definition) is 2. The Kier molecular flexibility index (Phi) is 19.0. The maximum atomic E-state index is 12.9. The van der Waals surface area contributed by atoms with Gasteiger partial charge in [-0.05, 0) is 98.7 Å². The Hall–Kier alpha value is -0.860. The van der Waals surface area contributed by atoms with Crippen LogP contribution in [0.4, 0.5) is 0 Å². The van der Waals surface area contributed by atoms with Crippen LogP contribution in [0.3, 0.4) is 0 Å². The fourth-order valence-corrected chi connectivity index (χ4v) is 9.77. The van der Waals surface area contributed by atoms with E-state index in [4.69, 9.17) is 0 Å². The van der Waals surface area contributed by atoms with E-state index in [-0.39, 0.29) is 24.0 Å². The lowest BCUT2D eigenvalue weighted by atomic mass is 9.89. The number of rotatable bonds is 33. The fourth-order valence-electron chi connectivity index (χ4n) is 9.77. The molecule has 8 unspecified atom stereocenters. The van der Waals surface area contributed by atoms with Crippen molar-refractivity contribution in [3.63, 3.8) is 0 Å². The normalized spacial score (nSPS) is 29.1. The summed E-state index contributed by atoms with van der Waals surface area (Å²) in [6.45, 7) is 4.64. The zero-order valence-corrected chi connectivity index (χ0v) is 32.4. The molecule has 3 nitrogen and oxygen atoms in total. The predicted molar refractivity (Wildman–Crippen MR) is 205 cm³/mol. The van der Waals surface area contributed by atoms with Crippen molar-refractivity contribution in [3.8, 4) is 0 Å². The highest BCUT2D eigenvalue weighted by atomic mass is 16.2. The quantitative estimate of drug-likeness (QED) is 0.0559. The van der Waals surface area contributed by atoms with E-state index in [1.54, 1.807) is 32.7 Å². The predicted octanol–water partition coefficient (Wildman–Crippen LogP) is 13.0. The van der Waals surface area contributed by atoms with Crippen molar-refractivity contribution >= 4 is 11.7 Å². The van der Waals surface area contributed by atoms with Crippen molar-refractivity contribution < 1.29 is 9.59 Å². The molecule has 48 heavy (non-hydrogen) atoms. The highest BCUT2D eigenvalue weighted by molar-refractivity contribution is 5.98. The van der Waals surface area contributed by atoms with Gasteiger partial charge in [-0.3, -0.25) is 9.59 Å². The third-order valence-corrected chi connectivity index (χ3v) is 13.7. The highest BCUT2D eigenvalue weighted by Gasteiger charge is 2.45. The molecule has 4 saturated carbocycles. The molecular formula is C45H81NO2. The maximum Gasteiger partial charge on any atom is 0.227 e. The molecule has 1 N–H and O–H groups in total. The SMILES string of the molecule is CCCCCC1CC1CC1CC1CCCCCCCCC(CCCCCCCCC1CC1CC1CC1CCCCC)C(=O)CC(=O)NC. The summed E-state index contributed by atoms with van der Waals surface area (Å²) in [6.07, 6.45) is 41.7. The van der Waals surface area contributed by atoms with Gasteiger partial charge in [0, 0.05) is 13.0 Å². The number of carbonyl (C=O) groups is 2. The van der Waals surface area contributed by atoms with E-state index in [9.17, 15) is 9.59 Å². The van der Waals surface area contributed by atoms with Crippen molar-refractivity contribution in [1.29, 1.82) is 0 Å². The lowest BCUT2D eigenvalue weighted by Crippen LogP contribution is -2.25. The molecule has 0 spiro atoms. The summed E-state index contributed by atoms with van der Waals surface area (Å²) >= 11 is 0. The van der Waals surface area contributed by atoms with Crippen LogP contribution in [0.15, 0.2) is 0 Å². The zero-order chi connectivity index (χ0) is 34.0. The summed E-state index contributed by atoms with van der Waals surface area (Å²) in [4.78, 5) is 24.9. The second kappa shape index (κ2) is 22.9. The average molecular weight is 668 g/mol. The molecule has 1 amide bonds. The van der Waals surface area contributed by atoms with Gasteiger partial charge in [-0.15, -0.1) is 0 Å².